The number of hydrogen-bond donors (Lipinski definition) is 1. The molecular weight excluding hydrogens is 281 g/mol. The van der Waals surface area contributed by atoms with Gasteiger partial charge < -0.3 is 5.32 Å². The van der Waals surface area contributed by atoms with Gasteiger partial charge in [-0.25, -0.2) is 4.98 Å². The van der Waals surface area contributed by atoms with Crippen molar-refractivity contribution in [2.45, 2.75) is 19.5 Å². The van der Waals surface area contributed by atoms with Crippen molar-refractivity contribution < 1.29 is 18.0 Å². The number of alkyl halides is 3. The largest absolute Gasteiger partial charge is 0.419 e. The van der Waals surface area contributed by atoms with Gasteiger partial charge in [-0.3, -0.25) is 4.79 Å². The van der Waals surface area contributed by atoms with E-state index in [4.69, 9.17) is 11.6 Å². The Balaban J connectivity index is 2.70. The van der Waals surface area contributed by atoms with E-state index in [0.29, 0.717) is 18.5 Å². The molecule has 1 aromatic heterocycles. The van der Waals surface area contributed by atoms with Crippen molar-refractivity contribution in [1.82, 2.24) is 10.3 Å². The zero-order valence-corrected chi connectivity index (χ0v) is 10.8. The molecule has 0 atom stereocenters. The molecule has 0 fully saturated rings. The Labute approximate surface area is 113 Å². The predicted octanol–water partition coefficient (Wildman–Crippen LogP) is 3.29. The number of nitrogens with zero attached hydrogens (tertiary/aromatic N) is 1. The number of carbonyl (C=O) groups is 1. The number of pyridine rings is 1. The van der Waals surface area contributed by atoms with Crippen LogP contribution >= 0.6 is 11.6 Å². The summed E-state index contributed by atoms with van der Waals surface area (Å²) >= 11 is 5.40. The lowest BCUT2D eigenvalue weighted by Gasteiger charge is -2.08. The summed E-state index contributed by atoms with van der Waals surface area (Å²) in [4.78, 5) is 14.1. The smallest absolute Gasteiger partial charge is 0.356 e. The van der Waals surface area contributed by atoms with Crippen LogP contribution in [-0.4, -0.2) is 17.4 Å². The number of halogens is 4. The molecule has 3 nitrogen and oxygen atoms in total. The van der Waals surface area contributed by atoms with Gasteiger partial charge in [-0.15, -0.1) is 0 Å². The van der Waals surface area contributed by atoms with Gasteiger partial charge in [-0.2, -0.15) is 13.2 Å². The summed E-state index contributed by atoms with van der Waals surface area (Å²) in [6, 6.07) is 0.935. The number of amides is 1. The summed E-state index contributed by atoms with van der Waals surface area (Å²) in [6.07, 6.45) is 0.404. The van der Waals surface area contributed by atoms with Crippen LogP contribution in [0.15, 0.2) is 18.3 Å². The van der Waals surface area contributed by atoms with Gasteiger partial charge in [0.2, 0.25) is 5.91 Å². The maximum atomic E-state index is 12.6. The Hall–Kier alpha value is -1.56. The molecule has 1 aromatic rings. The number of nitrogens with one attached hydrogen (secondary N) is 1. The molecule has 0 bridgehead atoms. The minimum absolute atomic E-state index is 0.152. The second-order valence-electron chi connectivity index (χ2n) is 3.78. The monoisotopic (exact) mass is 292 g/mol. The number of aromatic nitrogens is 1. The Kier molecular flexibility index (Phi) is 5.35. The van der Waals surface area contributed by atoms with E-state index in [0.717, 1.165) is 6.07 Å². The van der Waals surface area contributed by atoms with Crippen LogP contribution < -0.4 is 5.32 Å². The molecule has 0 aliphatic rings. The van der Waals surface area contributed by atoms with Crippen LogP contribution in [0.4, 0.5) is 13.2 Å². The zero-order chi connectivity index (χ0) is 14.5. The third-order valence-electron chi connectivity index (χ3n) is 2.16. The average Bonchev–Trinajstić information content (AvgIpc) is 2.28. The molecule has 1 N–H and O–H groups in total. The fourth-order valence-corrected chi connectivity index (χ4v) is 1.52. The Morgan fingerprint density at radius 2 is 2.21 bits per heavy atom. The summed E-state index contributed by atoms with van der Waals surface area (Å²) in [5.41, 5.74) is -0.655. The van der Waals surface area contributed by atoms with Crippen LogP contribution in [0.2, 0.25) is 5.15 Å². The summed E-state index contributed by atoms with van der Waals surface area (Å²) in [6.45, 7) is 1.82. The van der Waals surface area contributed by atoms with E-state index in [1.165, 1.54) is 19.2 Å². The quantitative estimate of drug-likeness (QED) is 0.683. The van der Waals surface area contributed by atoms with Gasteiger partial charge in [0.1, 0.15) is 5.15 Å². The molecule has 1 heterocycles. The second-order valence-corrected chi connectivity index (χ2v) is 4.14. The molecule has 1 amide bonds. The SMILES string of the molecule is CC(=O)NCCC=Cc1cnc(Cl)c(C(F)(F)F)c1. The second kappa shape index (κ2) is 6.56. The molecule has 0 saturated carbocycles. The Bertz CT molecular complexity index is 486. The van der Waals surface area contributed by atoms with E-state index in [1.54, 1.807) is 6.08 Å². The molecule has 0 unspecified atom stereocenters. The fraction of sp³-hybridized carbons (Fsp3) is 0.333. The minimum Gasteiger partial charge on any atom is -0.356 e. The highest BCUT2D eigenvalue weighted by atomic mass is 35.5. The highest BCUT2D eigenvalue weighted by Crippen LogP contribution is 2.34. The van der Waals surface area contributed by atoms with Crippen LogP contribution in [-0.2, 0) is 11.0 Å². The van der Waals surface area contributed by atoms with Gasteiger partial charge in [0.15, 0.2) is 0 Å². The Morgan fingerprint density at radius 1 is 1.53 bits per heavy atom. The van der Waals surface area contributed by atoms with E-state index in [9.17, 15) is 18.0 Å². The molecule has 19 heavy (non-hydrogen) atoms. The van der Waals surface area contributed by atoms with Crippen LogP contribution in [0.1, 0.15) is 24.5 Å². The molecule has 0 aromatic carbocycles. The van der Waals surface area contributed by atoms with E-state index in [-0.39, 0.29) is 5.91 Å². The first-order chi connectivity index (χ1) is 8.80. The molecule has 1 rings (SSSR count). The molecule has 0 saturated heterocycles. The van der Waals surface area contributed by atoms with Crippen LogP contribution in [0.25, 0.3) is 6.08 Å². The number of carbonyl (C=O) groups excluding carboxylic acids is 1. The van der Waals surface area contributed by atoms with Crippen LogP contribution in [0, 0.1) is 0 Å². The number of rotatable bonds is 4. The van der Waals surface area contributed by atoms with Gasteiger partial charge >= 0.3 is 6.18 Å². The molecule has 0 spiro atoms. The van der Waals surface area contributed by atoms with Crippen molar-refractivity contribution in [1.29, 1.82) is 0 Å². The first-order valence-corrected chi connectivity index (χ1v) is 5.82. The first-order valence-electron chi connectivity index (χ1n) is 5.44. The summed E-state index contributed by atoms with van der Waals surface area (Å²) in [7, 11) is 0. The van der Waals surface area contributed by atoms with Crippen molar-refractivity contribution >= 4 is 23.6 Å². The lowest BCUT2D eigenvalue weighted by molar-refractivity contribution is -0.137. The van der Waals surface area contributed by atoms with Crippen molar-refractivity contribution in [2.75, 3.05) is 6.54 Å². The highest BCUT2D eigenvalue weighted by Gasteiger charge is 2.33. The lowest BCUT2D eigenvalue weighted by atomic mass is 10.2. The lowest BCUT2D eigenvalue weighted by Crippen LogP contribution is -2.20. The van der Waals surface area contributed by atoms with E-state index >= 15 is 0 Å². The van der Waals surface area contributed by atoms with Crippen molar-refractivity contribution in [3.63, 3.8) is 0 Å². The minimum atomic E-state index is -4.52. The van der Waals surface area contributed by atoms with Gasteiger partial charge in [-0.1, -0.05) is 23.8 Å². The fourth-order valence-electron chi connectivity index (χ4n) is 1.31. The van der Waals surface area contributed by atoms with E-state index in [1.807, 2.05) is 0 Å². The summed E-state index contributed by atoms with van der Waals surface area (Å²) in [5, 5.41) is 2.00. The Morgan fingerprint density at radius 3 is 2.79 bits per heavy atom. The third kappa shape index (κ3) is 5.30. The normalized spacial score (nSPS) is 11.8. The summed E-state index contributed by atoms with van der Waals surface area (Å²) < 4.78 is 37.7. The van der Waals surface area contributed by atoms with Crippen molar-refractivity contribution in [2.24, 2.45) is 0 Å². The topological polar surface area (TPSA) is 42.0 Å². The molecule has 7 heteroatoms. The van der Waals surface area contributed by atoms with Crippen LogP contribution in [0.3, 0.4) is 0 Å². The van der Waals surface area contributed by atoms with Crippen molar-refractivity contribution in [3.8, 4) is 0 Å². The van der Waals surface area contributed by atoms with E-state index < -0.39 is 16.9 Å². The molecule has 0 aliphatic carbocycles. The molecule has 0 radical (unpaired) electrons. The molecule has 104 valence electrons. The van der Waals surface area contributed by atoms with Gasteiger partial charge in [0.05, 0.1) is 5.56 Å². The van der Waals surface area contributed by atoms with Gasteiger partial charge in [-0.05, 0) is 18.1 Å². The molecular formula is C12H12ClF3N2O. The average molecular weight is 293 g/mol. The number of hydrogen-bond acceptors (Lipinski definition) is 2. The van der Waals surface area contributed by atoms with Crippen molar-refractivity contribution in [3.05, 3.63) is 34.6 Å². The summed E-state index contributed by atoms with van der Waals surface area (Å²) in [5.74, 6) is -0.152. The zero-order valence-electron chi connectivity index (χ0n) is 10.1. The maximum Gasteiger partial charge on any atom is 0.419 e. The highest BCUT2D eigenvalue weighted by molar-refractivity contribution is 6.30. The molecule has 0 aliphatic heterocycles. The predicted molar refractivity (Wildman–Crippen MR) is 66.6 cm³/mol. The standard InChI is InChI=1S/C12H12ClF3N2O/c1-8(19)17-5-3-2-4-9-6-10(12(14,15)16)11(13)18-7-9/h2,4,6-7H,3,5H2,1H3,(H,17,19). The van der Waals surface area contributed by atoms with Crippen LogP contribution in [0.5, 0.6) is 0 Å². The first kappa shape index (κ1) is 15.5. The van der Waals surface area contributed by atoms with Gasteiger partial charge in [0, 0.05) is 19.7 Å². The third-order valence-corrected chi connectivity index (χ3v) is 2.46. The maximum absolute atomic E-state index is 12.6. The van der Waals surface area contributed by atoms with Gasteiger partial charge in [0.25, 0.3) is 0 Å². The van der Waals surface area contributed by atoms with E-state index in [2.05, 4.69) is 10.3 Å².